The van der Waals surface area contributed by atoms with Gasteiger partial charge in [0.2, 0.25) is 5.91 Å². The van der Waals surface area contributed by atoms with Gasteiger partial charge in [0.05, 0.1) is 0 Å². The van der Waals surface area contributed by atoms with Gasteiger partial charge >= 0.3 is 5.97 Å². The van der Waals surface area contributed by atoms with E-state index < -0.39 is 11.9 Å². The number of rotatable bonds is 7. The number of amides is 2. The fourth-order valence-corrected chi connectivity index (χ4v) is 3.34. The molecule has 0 saturated carbocycles. The minimum absolute atomic E-state index is 0.167. The maximum Gasteiger partial charge on any atom is 0.348 e. The third kappa shape index (κ3) is 5.70. The second-order valence-electron chi connectivity index (χ2n) is 5.82. The minimum Gasteiger partial charge on any atom is -0.451 e. The molecule has 0 aliphatic heterocycles. The smallest absolute Gasteiger partial charge is 0.348 e. The van der Waals surface area contributed by atoms with Gasteiger partial charge < -0.3 is 15.4 Å². The van der Waals surface area contributed by atoms with E-state index in [0.717, 1.165) is 23.3 Å². The number of benzene rings is 1. The average Bonchev–Trinajstić information content (AvgIpc) is 2.95. The van der Waals surface area contributed by atoms with Crippen molar-refractivity contribution in [1.82, 2.24) is 0 Å². The lowest BCUT2D eigenvalue weighted by atomic mass is 10.1. The summed E-state index contributed by atoms with van der Waals surface area (Å²) in [6.45, 7) is 5.13. The number of hydrogen-bond acceptors (Lipinski definition) is 5. The summed E-state index contributed by atoms with van der Waals surface area (Å²) < 4.78 is 5.09. The number of aryl methyl sites for hydroxylation is 2. The maximum absolute atomic E-state index is 12.1. The number of ether oxygens (including phenoxy) is 1. The highest BCUT2D eigenvalue weighted by Crippen LogP contribution is 2.23. The Kier molecular flexibility index (Phi) is 6.91. The molecule has 7 heteroatoms. The summed E-state index contributed by atoms with van der Waals surface area (Å²) in [5.41, 5.74) is 2.34. The Hall–Kier alpha value is -2.67. The monoisotopic (exact) mass is 374 g/mol. The fraction of sp³-hybridized carbons (Fsp3) is 0.316. The quantitative estimate of drug-likeness (QED) is 0.723. The molecule has 0 bridgehead atoms. The minimum atomic E-state index is -0.489. The number of esters is 1. The Morgan fingerprint density at radius 3 is 2.27 bits per heavy atom. The van der Waals surface area contributed by atoms with Crippen LogP contribution in [0.2, 0.25) is 0 Å². The number of nitrogens with one attached hydrogen (secondary N) is 2. The van der Waals surface area contributed by atoms with E-state index in [9.17, 15) is 14.4 Å². The molecule has 138 valence electrons. The van der Waals surface area contributed by atoms with E-state index in [1.54, 1.807) is 24.3 Å². The lowest BCUT2D eigenvalue weighted by molar-refractivity contribution is -0.119. The zero-order chi connectivity index (χ0) is 19.1. The first-order valence-corrected chi connectivity index (χ1v) is 9.14. The van der Waals surface area contributed by atoms with Crippen LogP contribution in [0.3, 0.4) is 0 Å². The van der Waals surface area contributed by atoms with Crippen LogP contribution in [0.15, 0.2) is 30.3 Å². The van der Waals surface area contributed by atoms with Crippen molar-refractivity contribution in [2.75, 3.05) is 17.2 Å². The van der Waals surface area contributed by atoms with Crippen molar-refractivity contribution >= 4 is 40.5 Å². The molecule has 0 aliphatic carbocycles. The molecule has 1 heterocycles. The summed E-state index contributed by atoms with van der Waals surface area (Å²) in [5.74, 6) is -1.08. The molecule has 2 N–H and O–H groups in total. The van der Waals surface area contributed by atoms with Crippen molar-refractivity contribution in [3.05, 3.63) is 45.6 Å². The van der Waals surface area contributed by atoms with Gasteiger partial charge in [0.15, 0.2) is 6.61 Å². The molecule has 0 spiro atoms. The average molecular weight is 374 g/mol. The molecule has 1 aromatic heterocycles. The summed E-state index contributed by atoms with van der Waals surface area (Å²) in [7, 11) is 0. The third-order valence-corrected chi connectivity index (χ3v) is 4.64. The van der Waals surface area contributed by atoms with Crippen LogP contribution in [-0.2, 0) is 20.7 Å². The summed E-state index contributed by atoms with van der Waals surface area (Å²) in [4.78, 5) is 36.6. The number of anilines is 2. The molecule has 2 rings (SSSR count). The number of carbonyl (C=O) groups excluding carboxylic acids is 3. The molecule has 0 saturated heterocycles. The first kappa shape index (κ1) is 19.7. The van der Waals surface area contributed by atoms with Gasteiger partial charge in [0.25, 0.3) is 5.91 Å². The summed E-state index contributed by atoms with van der Waals surface area (Å²) >= 11 is 1.38. The molecule has 2 amide bonds. The van der Waals surface area contributed by atoms with Crippen LogP contribution in [0.1, 0.15) is 40.4 Å². The first-order chi connectivity index (χ1) is 12.4. The second-order valence-corrected chi connectivity index (χ2v) is 7.08. The molecule has 0 aliphatic rings. The van der Waals surface area contributed by atoms with Crippen molar-refractivity contribution in [3.8, 4) is 0 Å². The molecule has 0 unspecified atom stereocenters. The second kappa shape index (κ2) is 9.15. The van der Waals surface area contributed by atoms with Crippen molar-refractivity contribution in [3.63, 3.8) is 0 Å². The SMILES string of the molecule is CCCc1cc(C(=O)OCC(=O)Nc2ccc(NC(C)=O)cc2)sc1C. The van der Waals surface area contributed by atoms with Gasteiger partial charge in [-0.25, -0.2) is 4.79 Å². The van der Waals surface area contributed by atoms with E-state index in [1.807, 2.05) is 13.0 Å². The van der Waals surface area contributed by atoms with Gasteiger partial charge in [-0.15, -0.1) is 11.3 Å². The van der Waals surface area contributed by atoms with E-state index in [-0.39, 0.29) is 12.5 Å². The van der Waals surface area contributed by atoms with E-state index in [2.05, 4.69) is 17.6 Å². The maximum atomic E-state index is 12.1. The van der Waals surface area contributed by atoms with Gasteiger partial charge in [-0.3, -0.25) is 9.59 Å². The molecule has 0 radical (unpaired) electrons. The zero-order valence-corrected chi connectivity index (χ0v) is 15.9. The van der Waals surface area contributed by atoms with Crippen molar-refractivity contribution in [2.45, 2.75) is 33.6 Å². The van der Waals surface area contributed by atoms with Crippen LogP contribution < -0.4 is 10.6 Å². The molecule has 0 fully saturated rings. The molecule has 6 nitrogen and oxygen atoms in total. The zero-order valence-electron chi connectivity index (χ0n) is 15.0. The Balaban J connectivity index is 1.85. The molecule has 0 atom stereocenters. The van der Waals surface area contributed by atoms with Gasteiger partial charge in [-0.2, -0.15) is 0 Å². The van der Waals surface area contributed by atoms with Gasteiger partial charge in [-0.1, -0.05) is 13.3 Å². The lowest BCUT2D eigenvalue weighted by Crippen LogP contribution is -2.20. The highest BCUT2D eigenvalue weighted by Gasteiger charge is 2.15. The Morgan fingerprint density at radius 1 is 1.08 bits per heavy atom. The van der Waals surface area contributed by atoms with E-state index in [4.69, 9.17) is 4.74 Å². The van der Waals surface area contributed by atoms with Crippen LogP contribution >= 0.6 is 11.3 Å². The summed E-state index contributed by atoms with van der Waals surface area (Å²) in [5, 5.41) is 5.28. The lowest BCUT2D eigenvalue weighted by Gasteiger charge is -2.07. The highest BCUT2D eigenvalue weighted by molar-refractivity contribution is 7.14. The van der Waals surface area contributed by atoms with Crippen LogP contribution in [0.5, 0.6) is 0 Å². The number of hydrogen-bond donors (Lipinski definition) is 2. The molecular weight excluding hydrogens is 352 g/mol. The molecule has 26 heavy (non-hydrogen) atoms. The van der Waals surface area contributed by atoms with Crippen LogP contribution in [0.25, 0.3) is 0 Å². The predicted octanol–water partition coefficient (Wildman–Crippen LogP) is 3.76. The largest absolute Gasteiger partial charge is 0.451 e. The van der Waals surface area contributed by atoms with Gasteiger partial charge in [0, 0.05) is 23.2 Å². The normalized spacial score (nSPS) is 10.3. The van der Waals surface area contributed by atoms with E-state index in [1.165, 1.54) is 18.3 Å². The molecule has 2 aromatic rings. The number of thiophene rings is 1. The Labute approximate surface area is 156 Å². The predicted molar refractivity (Wildman–Crippen MR) is 103 cm³/mol. The Morgan fingerprint density at radius 2 is 1.69 bits per heavy atom. The van der Waals surface area contributed by atoms with Crippen LogP contribution in [0.4, 0.5) is 11.4 Å². The van der Waals surface area contributed by atoms with Crippen molar-refractivity contribution in [1.29, 1.82) is 0 Å². The van der Waals surface area contributed by atoms with Crippen molar-refractivity contribution < 1.29 is 19.1 Å². The third-order valence-electron chi connectivity index (χ3n) is 3.56. The summed E-state index contributed by atoms with van der Waals surface area (Å²) in [6, 6.07) is 8.50. The van der Waals surface area contributed by atoms with Crippen LogP contribution in [0, 0.1) is 6.92 Å². The van der Waals surface area contributed by atoms with Gasteiger partial charge in [-0.05, 0) is 49.2 Å². The standard InChI is InChI=1S/C19H22N2O4S/c1-4-5-14-10-17(26-12(14)2)19(24)25-11-18(23)21-16-8-6-15(7-9-16)20-13(3)22/h6-10H,4-5,11H2,1-3H3,(H,20,22)(H,21,23). The highest BCUT2D eigenvalue weighted by atomic mass is 32.1. The van der Waals surface area contributed by atoms with E-state index >= 15 is 0 Å². The van der Waals surface area contributed by atoms with Gasteiger partial charge in [0.1, 0.15) is 4.88 Å². The molecular formula is C19H22N2O4S. The van der Waals surface area contributed by atoms with Crippen molar-refractivity contribution in [2.24, 2.45) is 0 Å². The van der Waals surface area contributed by atoms with E-state index in [0.29, 0.717) is 16.3 Å². The Bertz CT molecular complexity index is 796. The summed E-state index contributed by atoms with van der Waals surface area (Å²) in [6.07, 6.45) is 1.93. The topological polar surface area (TPSA) is 84.5 Å². The fourth-order valence-electron chi connectivity index (χ4n) is 2.38. The molecule has 1 aromatic carbocycles. The first-order valence-electron chi connectivity index (χ1n) is 8.33. The van der Waals surface area contributed by atoms with Crippen LogP contribution in [-0.4, -0.2) is 24.4 Å². The number of carbonyl (C=O) groups is 3.